The topological polar surface area (TPSA) is 480 Å². The summed E-state index contributed by atoms with van der Waals surface area (Å²) in [6.07, 6.45) is 33.5. The van der Waals surface area contributed by atoms with E-state index >= 15 is 0 Å². The van der Waals surface area contributed by atoms with Crippen LogP contribution in [0.3, 0.4) is 0 Å². The molecule has 0 atom stereocenters. The van der Waals surface area contributed by atoms with E-state index in [1.807, 2.05) is 14.1 Å². The lowest BCUT2D eigenvalue weighted by Crippen LogP contribution is -2.35. The molecule has 0 aliphatic rings. The molecule has 808 valence electrons. The van der Waals surface area contributed by atoms with E-state index in [1.54, 1.807) is 0 Å². The van der Waals surface area contributed by atoms with E-state index in [-0.39, 0.29) is 0 Å². The van der Waals surface area contributed by atoms with Gasteiger partial charge in [-0.3, -0.25) is 0 Å². The van der Waals surface area contributed by atoms with Crippen molar-refractivity contribution in [2.75, 3.05) is 447 Å². The van der Waals surface area contributed by atoms with Crippen LogP contribution < -0.4 is 127 Å². The molecule has 34 nitrogen and oxygen atoms in total. The van der Waals surface area contributed by atoms with Crippen molar-refractivity contribution < 1.29 is 0 Å². The maximum absolute atomic E-state index is 5.45. The molecule has 0 bridgehead atoms. The molecule has 34 heteroatoms. The summed E-state index contributed by atoms with van der Waals surface area (Å²) >= 11 is 0. The van der Waals surface area contributed by atoms with Crippen molar-refractivity contribution in [2.24, 2.45) is 68.8 Å². The first kappa shape index (κ1) is 152. The molecule has 0 aliphatic heterocycles. The molecular weight excluding hydrogens is 1640 g/mol. The molecule has 0 heterocycles. The highest BCUT2D eigenvalue weighted by Gasteiger charge is 2.04. The molecule has 0 fully saturated rings. The molecule has 0 saturated heterocycles. The van der Waals surface area contributed by atoms with Gasteiger partial charge in [0.1, 0.15) is 0 Å². The van der Waals surface area contributed by atoms with Crippen molar-refractivity contribution >= 4 is 0 Å². The summed E-state index contributed by atoms with van der Waals surface area (Å²) in [6.45, 7) is 58.9. The van der Waals surface area contributed by atoms with E-state index < -0.39 is 0 Å². The van der Waals surface area contributed by atoms with Crippen LogP contribution in [0, 0.1) is 0 Å². The number of likely N-dealkylation sites (N-methyl/N-ethyl adjacent to an activating group) is 9. The summed E-state index contributed by atoms with van der Waals surface area (Å²) in [5.74, 6) is 0. The van der Waals surface area contributed by atoms with Crippen LogP contribution >= 0.6 is 0 Å². The molecule has 131 heavy (non-hydrogen) atoms. The normalized spacial score (nSPS) is 11.0. The molecule has 0 aliphatic carbocycles. The van der Waals surface area contributed by atoms with Crippen molar-refractivity contribution in [3.05, 3.63) is 0 Å². The first-order valence-corrected chi connectivity index (χ1v) is 52.7. The molecule has 0 unspecified atom stereocenters. The van der Waals surface area contributed by atoms with Gasteiger partial charge in [-0.05, 0) is 327 Å². The van der Waals surface area contributed by atoms with Crippen LogP contribution in [0.5, 0.6) is 0 Å². The predicted molar refractivity (Wildman–Crippen MR) is 592 cm³/mol. The Morgan fingerprint density at radius 2 is 0.321 bits per heavy atom. The lowest BCUT2D eigenvalue weighted by molar-refractivity contribution is 0.264. The minimum atomic E-state index is 0.709. The average Bonchev–Trinajstić information content (AvgIpc) is 1.05. The van der Waals surface area contributed by atoms with Gasteiger partial charge in [0.15, 0.2) is 0 Å². The largest absolute Gasteiger partial charge is 0.330 e. The summed E-state index contributed by atoms with van der Waals surface area (Å²) in [4.78, 5) is 24.7. The number of hydrogen-bond donors (Lipinski definition) is 23. The van der Waals surface area contributed by atoms with Crippen LogP contribution in [-0.4, -0.2) is 501 Å². The zero-order valence-corrected chi connectivity index (χ0v) is 92.1. The van der Waals surface area contributed by atoms with Crippen LogP contribution in [-0.2, 0) is 0 Å². The SMILES string of the molecule is CCCCNCCCCCN.CCCCNCCCCCN(C)C.CCCCNCCCCCNC.CCCCNCCN(C)CCN.CN(C)CCCCCN(C)CCN.CN(C)CCCCCNCCN.CN(C)CCN(C)CCNCCN.CN(CCN)CCN(C)CCN.CN(CCN)CCNCCN.CNCCN(C)CCNCCN.NCCCCCNCCN. The van der Waals surface area contributed by atoms with Crippen LogP contribution in [0.2, 0.25) is 0 Å². The Hall–Kier alpha value is -1.36. The van der Waals surface area contributed by atoms with Crippen molar-refractivity contribution in [3.63, 3.8) is 0 Å². The quantitative estimate of drug-likeness (QED) is 0.0379. The Morgan fingerprint density at radius 1 is 0.137 bits per heavy atom. The first-order valence-electron chi connectivity index (χ1n) is 52.7. The van der Waals surface area contributed by atoms with Crippen molar-refractivity contribution in [1.29, 1.82) is 0 Å². The lowest BCUT2D eigenvalue weighted by Gasteiger charge is -2.20. The molecule has 0 aromatic rings. The van der Waals surface area contributed by atoms with E-state index in [4.69, 9.17) is 68.8 Å². The molecule has 0 amide bonds. The van der Waals surface area contributed by atoms with Gasteiger partial charge in [-0.1, -0.05) is 91.9 Å². The fraction of sp³-hybridized carbons (Fsp3) is 1.00. The number of rotatable bonds is 87. The summed E-state index contributed by atoms with van der Waals surface area (Å²) in [5, 5.41) is 36.2. The van der Waals surface area contributed by atoms with Gasteiger partial charge in [0.25, 0.3) is 0 Å². The maximum atomic E-state index is 5.45. The number of unbranched alkanes of at least 4 members (excludes halogenated alkanes) is 16. The molecule has 0 radical (unpaired) electrons. The monoisotopic (exact) mass is 1890 g/mol. The van der Waals surface area contributed by atoms with Gasteiger partial charge in [0, 0.05) is 223 Å². The van der Waals surface area contributed by atoms with Crippen molar-refractivity contribution in [3.8, 4) is 0 Å². The van der Waals surface area contributed by atoms with Gasteiger partial charge in [-0.15, -0.1) is 0 Å². The Labute approximate surface area is 818 Å². The second-order valence-corrected chi connectivity index (χ2v) is 35.5. The standard InChI is InChI=1S/C11H26N2.C10H25N3.C10H24N2.C9H24N4.2C9H23N3.C9H22N2.2C8H22N4.C7H20N4.C7H19N3/c1-4-5-9-12-10-7-6-8-11-13(2)3;1-12(2)8-5-4-6-9-13(3)10-7-11;1-3-4-9-12-10-7-5-6-8-11-2;1-12(2)8-9-13(3)7-6-11-5-4-10;1-12(2)9-5-3-4-7-11-8-6-10;1-3-4-6-11-7-9-12(2)8-5-10;1-2-3-8-11-9-6-4-5-7-10;1-11(5-3-9)7-8-12(2)6-4-10;1-10-5-7-12(2)8-6-11-4-3-9;1-11(6-3-9)7-5-10-4-2-8;8-4-2-1-3-6-10-7-5-9/h12H,4-11H2,1-3H3;4-11H2,1-3H3;11-12H,3-10H2,1-2H3;11H,4-10H2,1-3H3;2*11H,3-10H2,1-2H3;11H,2-10H2,1H3;3-10H2,1-2H3;10-11H,3-9H2,1-2H3;10H,2-9H2,1H3;10H,1-9H2. The molecular formula is C97H250N34. The smallest absolute Gasteiger partial charge is 0.0107 e. The zero-order valence-electron chi connectivity index (χ0n) is 92.1. The van der Waals surface area contributed by atoms with Crippen molar-refractivity contribution in [1.82, 2.24) is 112 Å². The highest BCUT2D eigenvalue weighted by molar-refractivity contribution is 4.64. The average molecular weight is 1890 g/mol. The summed E-state index contributed by atoms with van der Waals surface area (Å²) in [5.41, 5.74) is 64.4. The van der Waals surface area contributed by atoms with E-state index in [1.165, 1.54) is 226 Å². The predicted octanol–water partition coefficient (Wildman–Crippen LogP) is 1.09. The third kappa shape index (κ3) is 192. The Kier molecular flexibility index (Phi) is 173. The molecule has 0 spiro atoms. The number of nitrogens with two attached hydrogens (primary N) is 12. The molecule has 0 aromatic carbocycles. The van der Waals surface area contributed by atoms with Gasteiger partial charge < -0.3 is 181 Å². The van der Waals surface area contributed by atoms with Crippen LogP contribution in [0.15, 0.2) is 0 Å². The van der Waals surface area contributed by atoms with Gasteiger partial charge in [-0.2, -0.15) is 0 Å². The number of hydrogen-bond acceptors (Lipinski definition) is 34. The Morgan fingerprint density at radius 3 is 0.573 bits per heavy atom. The number of nitrogens with one attached hydrogen (secondary N) is 11. The fourth-order valence-corrected chi connectivity index (χ4v) is 11.4. The van der Waals surface area contributed by atoms with Gasteiger partial charge in [-0.25, -0.2) is 0 Å². The van der Waals surface area contributed by atoms with Gasteiger partial charge in [0.05, 0.1) is 0 Å². The minimum absolute atomic E-state index is 0.709. The van der Waals surface area contributed by atoms with E-state index in [0.29, 0.717) is 6.54 Å². The highest BCUT2D eigenvalue weighted by Crippen LogP contribution is 2.00. The van der Waals surface area contributed by atoms with Gasteiger partial charge in [0.2, 0.25) is 0 Å². The van der Waals surface area contributed by atoms with Crippen molar-refractivity contribution in [2.45, 2.75) is 195 Å². The van der Waals surface area contributed by atoms with Crippen LogP contribution in [0.25, 0.3) is 0 Å². The molecule has 0 rings (SSSR count). The minimum Gasteiger partial charge on any atom is -0.330 e. The maximum Gasteiger partial charge on any atom is 0.0107 e. The molecule has 35 N–H and O–H groups in total. The Bertz CT molecular complexity index is 1720. The second kappa shape index (κ2) is 149. The fourth-order valence-electron chi connectivity index (χ4n) is 11.4. The third-order valence-corrected chi connectivity index (χ3v) is 20.2. The highest BCUT2D eigenvalue weighted by atomic mass is 15.2. The van der Waals surface area contributed by atoms with Gasteiger partial charge >= 0.3 is 0 Å². The number of nitrogens with zero attached hydrogens (tertiary/aromatic N) is 11. The third-order valence-electron chi connectivity index (χ3n) is 20.2. The summed E-state index contributed by atoms with van der Waals surface area (Å²) in [7, 11) is 35.7. The molecule has 0 saturated carbocycles. The second-order valence-electron chi connectivity index (χ2n) is 35.5. The Balaban J connectivity index is -0.000000134. The van der Waals surface area contributed by atoms with E-state index in [0.717, 1.165) is 262 Å². The van der Waals surface area contributed by atoms with E-state index in [2.05, 4.69) is 246 Å². The van der Waals surface area contributed by atoms with Crippen LogP contribution in [0.1, 0.15) is 195 Å². The zero-order chi connectivity index (χ0) is 101. The lowest BCUT2D eigenvalue weighted by atomic mass is 10.2. The summed E-state index contributed by atoms with van der Waals surface area (Å²) < 4.78 is 0. The first-order chi connectivity index (χ1) is 63.2. The molecule has 0 aromatic heterocycles. The summed E-state index contributed by atoms with van der Waals surface area (Å²) in [6, 6.07) is 0. The van der Waals surface area contributed by atoms with Crippen LogP contribution in [0.4, 0.5) is 0 Å². The van der Waals surface area contributed by atoms with E-state index in [9.17, 15) is 0 Å².